The Hall–Kier alpha value is -3.76. The van der Waals surface area contributed by atoms with Crippen LogP contribution in [-0.4, -0.2) is 35.3 Å². The van der Waals surface area contributed by atoms with Gasteiger partial charge in [-0.15, -0.1) is 0 Å². The summed E-state index contributed by atoms with van der Waals surface area (Å²) in [4.78, 5) is 39.2. The fourth-order valence-electron chi connectivity index (χ4n) is 3.59. The number of thioether (sulfide) groups is 1. The van der Waals surface area contributed by atoms with E-state index < -0.39 is 23.6 Å². The van der Waals surface area contributed by atoms with E-state index in [1.54, 1.807) is 36.4 Å². The third-order valence-electron chi connectivity index (χ3n) is 5.33. The van der Waals surface area contributed by atoms with Crippen molar-refractivity contribution in [2.45, 2.75) is 6.61 Å². The van der Waals surface area contributed by atoms with Crippen molar-refractivity contribution >= 4 is 56.5 Å². The van der Waals surface area contributed by atoms with Crippen molar-refractivity contribution < 1.29 is 28.6 Å². The fourth-order valence-corrected chi connectivity index (χ4v) is 4.80. The highest BCUT2D eigenvalue weighted by atomic mass is 79.9. The number of nitrogens with one attached hydrogen (secondary N) is 1. The standard InChI is InChI=1S/C26H19BrN2O6S/c27-18-6-8-20(33-14-16-4-2-1-3-5-16)17(10-18)11-23-25(31)29(26(32)36-23)13-24(30)28-19-7-9-21-22(12-19)35-15-34-21/h1-12H,13-15H2,(H,28,30)/b23-11-. The molecular weight excluding hydrogens is 548 g/mol. The lowest BCUT2D eigenvalue weighted by molar-refractivity contribution is -0.127. The number of hydrogen-bond donors (Lipinski definition) is 1. The number of carbonyl (C=O) groups is 3. The van der Waals surface area contributed by atoms with Crippen molar-refractivity contribution in [2.75, 3.05) is 18.7 Å². The summed E-state index contributed by atoms with van der Waals surface area (Å²) >= 11 is 4.22. The molecule has 0 spiro atoms. The molecule has 2 aliphatic heterocycles. The quantitative estimate of drug-likeness (QED) is 0.381. The summed E-state index contributed by atoms with van der Waals surface area (Å²) in [6, 6.07) is 20.1. The lowest BCUT2D eigenvalue weighted by Crippen LogP contribution is -2.36. The Bertz CT molecular complexity index is 1380. The first-order valence-corrected chi connectivity index (χ1v) is 12.5. The molecule has 0 unspecified atom stereocenters. The van der Waals surface area contributed by atoms with Gasteiger partial charge in [-0.25, -0.2) is 0 Å². The second-order valence-electron chi connectivity index (χ2n) is 7.84. The van der Waals surface area contributed by atoms with Crippen LogP contribution in [0.15, 0.2) is 76.1 Å². The molecule has 2 aliphatic rings. The summed E-state index contributed by atoms with van der Waals surface area (Å²) in [7, 11) is 0. The lowest BCUT2D eigenvalue weighted by Gasteiger charge is -2.13. The second kappa shape index (κ2) is 10.5. The van der Waals surface area contributed by atoms with E-state index in [1.807, 2.05) is 36.4 Å². The predicted molar refractivity (Wildman–Crippen MR) is 139 cm³/mol. The van der Waals surface area contributed by atoms with Crippen LogP contribution in [0.25, 0.3) is 6.08 Å². The van der Waals surface area contributed by atoms with Gasteiger partial charge in [0.15, 0.2) is 11.5 Å². The minimum Gasteiger partial charge on any atom is -0.488 e. The molecule has 0 radical (unpaired) electrons. The third-order valence-corrected chi connectivity index (χ3v) is 6.73. The zero-order valence-electron chi connectivity index (χ0n) is 18.7. The summed E-state index contributed by atoms with van der Waals surface area (Å²) in [6.07, 6.45) is 1.60. The summed E-state index contributed by atoms with van der Waals surface area (Å²) < 4.78 is 17.3. The first-order chi connectivity index (χ1) is 17.5. The normalized spacial score (nSPS) is 15.5. The van der Waals surface area contributed by atoms with E-state index in [1.165, 1.54) is 0 Å². The zero-order valence-corrected chi connectivity index (χ0v) is 21.1. The molecule has 0 bridgehead atoms. The Morgan fingerprint density at radius 1 is 1.06 bits per heavy atom. The van der Waals surface area contributed by atoms with Gasteiger partial charge in [-0.2, -0.15) is 0 Å². The number of amides is 3. The molecule has 2 heterocycles. The van der Waals surface area contributed by atoms with Crippen LogP contribution in [0.2, 0.25) is 0 Å². The van der Waals surface area contributed by atoms with Gasteiger partial charge in [0.25, 0.3) is 11.1 Å². The summed E-state index contributed by atoms with van der Waals surface area (Å²) in [5.74, 6) is 0.617. The fraction of sp³-hybridized carbons (Fsp3) is 0.115. The minimum absolute atomic E-state index is 0.118. The predicted octanol–water partition coefficient (Wildman–Crippen LogP) is 5.43. The number of hydrogen-bond acceptors (Lipinski definition) is 7. The molecule has 3 aromatic carbocycles. The summed E-state index contributed by atoms with van der Waals surface area (Å²) in [6.45, 7) is 0.0595. The molecule has 0 atom stereocenters. The van der Waals surface area contributed by atoms with Gasteiger partial charge < -0.3 is 19.5 Å². The molecule has 36 heavy (non-hydrogen) atoms. The van der Waals surface area contributed by atoms with E-state index in [2.05, 4.69) is 21.2 Å². The monoisotopic (exact) mass is 566 g/mol. The first kappa shape index (κ1) is 24.0. The molecule has 8 nitrogen and oxygen atoms in total. The molecule has 0 saturated carbocycles. The highest BCUT2D eigenvalue weighted by Crippen LogP contribution is 2.36. The second-order valence-corrected chi connectivity index (χ2v) is 9.75. The third kappa shape index (κ3) is 5.39. The number of imide groups is 1. The molecule has 1 saturated heterocycles. The van der Waals surface area contributed by atoms with Gasteiger partial charge in [0.05, 0.1) is 4.91 Å². The molecule has 1 fully saturated rings. The Morgan fingerprint density at radius 2 is 1.86 bits per heavy atom. The molecule has 1 N–H and O–H groups in total. The van der Waals surface area contributed by atoms with Gasteiger partial charge in [0.2, 0.25) is 12.7 Å². The highest BCUT2D eigenvalue weighted by Gasteiger charge is 2.36. The number of benzene rings is 3. The van der Waals surface area contributed by atoms with E-state index in [4.69, 9.17) is 14.2 Å². The van der Waals surface area contributed by atoms with Crippen LogP contribution >= 0.6 is 27.7 Å². The number of ether oxygens (including phenoxy) is 3. The van der Waals surface area contributed by atoms with Crippen molar-refractivity contribution in [1.29, 1.82) is 0 Å². The van der Waals surface area contributed by atoms with Crippen LogP contribution in [0.3, 0.4) is 0 Å². The van der Waals surface area contributed by atoms with Crippen LogP contribution in [0.5, 0.6) is 17.2 Å². The van der Waals surface area contributed by atoms with Crippen LogP contribution in [0.1, 0.15) is 11.1 Å². The maximum atomic E-state index is 13.0. The topological polar surface area (TPSA) is 94.2 Å². The number of fused-ring (bicyclic) bond motifs is 1. The molecule has 5 rings (SSSR count). The molecule has 0 aromatic heterocycles. The van der Waals surface area contributed by atoms with Crippen molar-refractivity contribution in [1.82, 2.24) is 4.90 Å². The maximum absolute atomic E-state index is 13.0. The van der Waals surface area contributed by atoms with Gasteiger partial charge in [0, 0.05) is 21.8 Å². The van der Waals surface area contributed by atoms with Crippen molar-refractivity contribution in [3.63, 3.8) is 0 Å². The van der Waals surface area contributed by atoms with Crippen molar-refractivity contribution in [3.8, 4) is 17.2 Å². The van der Waals surface area contributed by atoms with Crippen molar-refractivity contribution in [3.05, 3.63) is 87.2 Å². The maximum Gasteiger partial charge on any atom is 0.294 e. The molecular formula is C26H19BrN2O6S. The SMILES string of the molecule is O=C(CN1C(=O)S/C(=C\c2cc(Br)ccc2OCc2ccccc2)C1=O)Nc1ccc2c(c1)OCO2. The Labute approximate surface area is 219 Å². The van der Waals surface area contributed by atoms with Crippen LogP contribution in [-0.2, 0) is 16.2 Å². The molecule has 3 amide bonds. The van der Waals surface area contributed by atoms with Crippen LogP contribution in [0.4, 0.5) is 10.5 Å². The van der Waals surface area contributed by atoms with Crippen molar-refractivity contribution in [2.24, 2.45) is 0 Å². The number of carbonyl (C=O) groups excluding carboxylic acids is 3. The summed E-state index contributed by atoms with van der Waals surface area (Å²) in [5.41, 5.74) is 2.11. The van der Waals surface area contributed by atoms with E-state index in [-0.39, 0.29) is 11.7 Å². The van der Waals surface area contributed by atoms with Gasteiger partial charge in [0.1, 0.15) is 18.9 Å². The average molecular weight is 567 g/mol. The molecule has 3 aromatic rings. The van der Waals surface area contributed by atoms with E-state index in [0.717, 1.165) is 26.7 Å². The number of halogens is 1. The van der Waals surface area contributed by atoms with Gasteiger partial charge in [-0.1, -0.05) is 46.3 Å². The Balaban J connectivity index is 1.28. The largest absolute Gasteiger partial charge is 0.488 e. The molecule has 10 heteroatoms. The smallest absolute Gasteiger partial charge is 0.294 e. The Kier molecular flexibility index (Phi) is 6.97. The van der Waals surface area contributed by atoms with Gasteiger partial charge in [-0.3, -0.25) is 19.3 Å². The van der Waals surface area contributed by atoms with Crippen LogP contribution in [0, 0.1) is 0 Å². The van der Waals surface area contributed by atoms with Gasteiger partial charge >= 0.3 is 0 Å². The molecule has 0 aliphatic carbocycles. The van der Waals surface area contributed by atoms with E-state index >= 15 is 0 Å². The number of anilines is 1. The average Bonchev–Trinajstić information content (AvgIpc) is 3.44. The highest BCUT2D eigenvalue weighted by molar-refractivity contribution is 9.10. The minimum atomic E-state index is -0.542. The van der Waals surface area contributed by atoms with Gasteiger partial charge in [-0.05, 0) is 53.7 Å². The number of rotatable bonds is 7. The van der Waals surface area contributed by atoms with E-state index in [9.17, 15) is 14.4 Å². The van der Waals surface area contributed by atoms with E-state index in [0.29, 0.717) is 35.1 Å². The summed E-state index contributed by atoms with van der Waals surface area (Å²) in [5, 5.41) is 2.16. The number of nitrogens with zero attached hydrogens (tertiary/aromatic N) is 1. The lowest BCUT2D eigenvalue weighted by atomic mass is 10.1. The zero-order chi connectivity index (χ0) is 25.1. The Morgan fingerprint density at radius 3 is 2.69 bits per heavy atom. The first-order valence-electron chi connectivity index (χ1n) is 10.9. The molecule has 182 valence electrons. The van der Waals surface area contributed by atoms with Crippen LogP contribution < -0.4 is 19.5 Å².